The third kappa shape index (κ3) is 7.52. The molecule has 3 N–H and O–H groups in total. The van der Waals surface area contributed by atoms with E-state index in [1.165, 1.54) is 12.1 Å². The third-order valence-corrected chi connectivity index (χ3v) is 9.58. The zero-order chi connectivity index (χ0) is 29.3. The van der Waals surface area contributed by atoms with Gasteiger partial charge in [-0.3, -0.25) is 9.59 Å². The molecule has 40 heavy (non-hydrogen) atoms. The Balaban J connectivity index is 1.50. The topological polar surface area (TPSA) is 137 Å². The van der Waals surface area contributed by atoms with Crippen LogP contribution in [0.5, 0.6) is 11.5 Å². The van der Waals surface area contributed by atoms with Crippen molar-refractivity contribution in [1.82, 2.24) is 10.2 Å². The summed E-state index contributed by atoms with van der Waals surface area (Å²) in [6.45, 7) is 8.64. The van der Waals surface area contributed by atoms with Gasteiger partial charge in [-0.15, -0.1) is 0 Å². The number of methoxy groups -OCH3 is 1. The molecule has 0 unspecified atom stereocenters. The fourth-order valence-corrected chi connectivity index (χ4v) is 6.62. The first-order valence-electron chi connectivity index (χ1n) is 13.5. The van der Waals surface area contributed by atoms with Gasteiger partial charge >= 0.3 is 0 Å². The van der Waals surface area contributed by atoms with Crippen LogP contribution in [0.2, 0.25) is 0 Å². The predicted octanol–water partition coefficient (Wildman–Crippen LogP) is 2.72. The number of benzene rings is 2. The highest BCUT2D eigenvalue weighted by Crippen LogP contribution is 2.36. The molecule has 11 heteroatoms. The van der Waals surface area contributed by atoms with Gasteiger partial charge in [-0.05, 0) is 88.1 Å². The van der Waals surface area contributed by atoms with Gasteiger partial charge in [0.25, 0.3) is 5.91 Å². The Morgan fingerprint density at radius 3 is 2.33 bits per heavy atom. The van der Waals surface area contributed by atoms with E-state index < -0.39 is 20.5 Å². The van der Waals surface area contributed by atoms with E-state index in [4.69, 9.17) is 19.9 Å². The van der Waals surface area contributed by atoms with Gasteiger partial charge < -0.3 is 30.2 Å². The molecule has 2 amide bonds. The van der Waals surface area contributed by atoms with Crippen molar-refractivity contribution in [2.45, 2.75) is 55.8 Å². The molecular formula is C29H41N3O7S. The fourth-order valence-electron chi connectivity index (χ4n) is 4.69. The van der Waals surface area contributed by atoms with E-state index in [0.717, 1.165) is 11.3 Å². The van der Waals surface area contributed by atoms with Crippen LogP contribution in [0.25, 0.3) is 0 Å². The third-order valence-electron chi connectivity index (χ3n) is 7.05. The number of nitrogens with one attached hydrogen (secondary N) is 1. The number of aryl methyl sites for hydroxylation is 1. The second kappa shape index (κ2) is 14.0. The van der Waals surface area contributed by atoms with Crippen molar-refractivity contribution in [2.75, 3.05) is 46.5 Å². The summed E-state index contributed by atoms with van der Waals surface area (Å²) in [6, 6.07) is 11.4. The average Bonchev–Trinajstić information content (AvgIpc) is 2.92. The number of nitrogens with zero attached hydrogens (tertiary/aromatic N) is 1. The van der Waals surface area contributed by atoms with Gasteiger partial charge in [0.15, 0.2) is 14.6 Å². The molecule has 1 aliphatic rings. The normalized spacial score (nSPS) is 15.5. The number of ether oxygens (including phenoxy) is 3. The molecule has 3 rings (SSSR count). The Hall–Kier alpha value is -3.15. The maximum Gasteiger partial charge on any atom is 0.251 e. The molecule has 0 saturated carbocycles. The van der Waals surface area contributed by atoms with Crippen molar-refractivity contribution in [3.05, 3.63) is 53.6 Å². The van der Waals surface area contributed by atoms with Gasteiger partial charge in [0.1, 0.15) is 11.5 Å². The summed E-state index contributed by atoms with van der Waals surface area (Å²) in [4.78, 5) is 27.0. The summed E-state index contributed by atoms with van der Waals surface area (Å²) in [6.07, 6.45) is 0.881. The lowest BCUT2D eigenvalue weighted by molar-refractivity contribution is -0.121. The van der Waals surface area contributed by atoms with Crippen molar-refractivity contribution in [3.8, 4) is 11.5 Å². The highest BCUT2D eigenvalue weighted by molar-refractivity contribution is 7.93. The standard InChI is InChI=1S/C29H41N3O7S/c1-21(2)39-26-11-6-23(20-22(26)3)27(33)31-14-5-18-38-24-7-9-25(10-8-24)40(35,36)29(28(30)34)12-15-32(16-13-29)17-19-37-4/h6-11,20-21H,5,12-19H2,1-4H3,(H2,30,34)(H,31,33). The summed E-state index contributed by atoms with van der Waals surface area (Å²) in [5.41, 5.74) is 7.11. The summed E-state index contributed by atoms with van der Waals surface area (Å²) in [5, 5.41) is 2.87. The van der Waals surface area contributed by atoms with Gasteiger partial charge in [0.2, 0.25) is 5.91 Å². The predicted molar refractivity (Wildman–Crippen MR) is 152 cm³/mol. The number of carbonyl (C=O) groups is 2. The summed E-state index contributed by atoms with van der Waals surface area (Å²) in [7, 11) is -2.39. The second-order valence-corrected chi connectivity index (χ2v) is 12.5. The van der Waals surface area contributed by atoms with E-state index in [9.17, 15) is 18.0 Å². The van der Waals surface area contributed by atoms with Crippen molar-refractivity contribution in [2.24, 2.45) is 5.73 Å². The van der Waals surface area contributed by atoms with Crippen LogP contribution in [0, 0.1) is 6.92 Å². The molecular weight excluding hydrogens is 534 g/mol. The molecule has 2 aromatic rings. The van der Waals surface area contributed by atoms with Crippen molar-refractivity contribution in [1.29, 1.82) is 0 Å². The molecule has 220 valence electrons. The molecule has 0 radical (unpaired) electrons. The first-order valence-corrected chi connectivity index (χ1v) is 15.0. The highest BCUT2D eigenvalue weighted by atomic mass is 32.2. The summed E-state index contributed by atoms with van der Waals surface area (Å²) >= 11 is 0. The number of likely N-dealkylation sites (tertiary alicyclic amines) is 1. The van der Waals surface area contributed by atoms with Crippen LogP contribution in [-0.2, 0) is 19.4 Å². The summed E-state index contributed by atoms with van der Waals surface area (Å²) in [5.74, 6) is 0.244. The Labute approximate surface area is 237 Å². The molecule has 1 aliphatic heterocycles. The molecule has 1 saturated heterocycles. The van der Waals surface area contributed by atoms with Crippen LogP contribution in [0.3, 0.4) is 0 Å². The number of hydrogen-bond acceptors (Lipinski definition) is 8. The van der Waals surface area contributed by atoms with Gasteiger partial charge in [0.05, 0.1) is 24.2 Å². The van der Waals surface area contributed by atoms with Crippen molar-refractivity contribution in [3.63, 3.8) is 0 Å². The van der Waals surface area contributed by atoms with Crippen molar-refractivity contribution >= 4 is 21.7 Å². The molecule has 0 bridgehead atoms. The zero-order valence-electron chi connectivity index (χ0n) is 23.8. The maximum atomic E-state index is 13.5. The molecule has 0 spiro atoms. The van der Waals surface area contributed by atoms with Crippen LogP contribution in [0.15, 0.2) is 47.4 Å². The number of primary amides is 1. The lowest BCUT2D eigenvalue weighted by atomic mass is 9.95. The minimum atomic E-state index is -4.00. The van der Waals surface area contributed by atoms with E-state index in [2.05, 4.69) is 10.2 Å². The van der Waals surface area contributed by atoms with Crippen molar-refractivity contribution < 1.29 is 32.2 Å². The number of nitrogens with two attached hydrogens (primary N) is 1. The van der Waals surface area contributed by atoms with Gasteiger partial charge in [-0.1, -0.05) is 0 Å². The van der Waals surface area contributed by atoms with E-state index in [1.54, 1.807) is 37.4 Å². The van der Waals surface area contributed by atoms with Gasteiger partial charge in [-0.25, -0.2) is 8.42 Å². The fraction of sp³-hybridized carbons (Fsp3) is 0.517. The number of hydrogen-bond donors (Lipinski definition) is 2. The Kier molecular flexibility index (Phi) is 11.0. The Morgan fingerprint density at radius 2 is 1.75 bits per heavy atom. The number of amides is 2. The smallest absolute Gasteiger partial charge is 0.251 e. The zero-order valence-corrected chi connectivity index (χ0v) is 24.6. The largest absolute Gasteiger partial charge is 0.494 e. The van der Waals surface area contributed by atoms with E-state index >= 15 is 0 Å². The number of rotatable bonds is 14. The average molecular weight is 576 g/mol. The molecule has 2 aromatic carbocycles. The molecule has 0 atom stereocenters. The monoisotopic (exact) mass is 575 g/mol. The van der Waals surface area contributed by atoms with Crippen LogP contribution in [0.1, 0.15) is 49.0 Å². The maximum absolute atomic E-state index is 13.5. The first kappa shape index (κ1) is 31.4. The minimum Gasteiger partial charge on any atom is -0.494 e. The highest BCUT2D eigenvalue weighted by Gasteiger charge is 2.51. The number of sulfone groups is 1. The molecule has 1 fully saturated rings. The quantitative estimate of drug-likeness (QED) is 0.328. The van der Waals surface area contributed by atoms with Crippen LogP contribution in [-0.4, -0.2) is 82.5 Å². The van der Waals surface area contributed by atoms with Gasteiger partial charge in [0, 0.05) is 38.9 Å². The van der Waals surface area contributed by atoms with Gasteiger partial charge in [-0.2, -0.15) is 0 Å². The molecule has 10 nitrogen and oxygen atoms in total. The van der Waals surface area contributed by atoms with E-state index in [1.807, 2.05) is 20.8 Å². The molecule has 0 aromatic heterocycles. The Morgan fingerprint density at radius 1 is 1.07 bits per heavy atom. The molecule has 1 heterocycles. The SMILES string of the molecule is COCCN1CCC(C(N)=O)(S(=O)(=O)c2ccc(OCCCNC(=O)c3ccc(OC(C)C)c(C)c3)cc2)CC1. The Bertz CT molecular complexity index is 1250. The second-order valence-electron chi connectivity index (χ2n) is 10.3. The summed E-state index contributed by atoms with van der Waals surface area (Å²) < 4.78 is 41.9. The van der Waals surface area contributed by atoms with Crippen LogP contribution >= 0.6 is 0 Å². The number of piperidine rings is 1. The lowest BCUT2D eigenvalue weighted by Gasteiger charge is -2.38. The first-order chi connectivity index (χ1) is 19.0. The minimum absolute atomic E-state index is 0.0383. The van der Waals surface area contributed by atoms with Crippen LogP contribution in [0.4, 0.5) is 0 Å². The van der Waals surface area contributed by atoms with Crippen LogP contribution < -0.4 is 20.5 Å². The molecule has 0 aliphatic carbocycles. The lowest BCUT2D eigenvalue weighted by Crippen LogP contribution is -2.57. The van der Waals surface area contributed by atoms with E-state index in [0.29, 0.717) is 57.1 Å². The van der Waals surface area contributed by atoms with E-state index in [-0.39, 0.29) is 29.7 Å². The number of carbonyl (C=O) groups excluding carboxylic acids is 2.